The highest BCUT2D eigenvalue weighted by Gasteiger charge is 2.38. The molecule has 2 aliphatic heterocycles. The van der Waals surface area contributed by atoms with Gasteiger partial charge >= 0.3 is 6.18 Å². The van der Waals surface area contributed by atoms with Crippen LogP contribution in [0, 0.1) is 0 Å². The quantitative estimate of drug-likeness (QED) is 0.515. The molecule has 5 rings (SSSR count). The van der Waals surface area contributed by atoms with Gasteiger partial charge in [0.2, 0.25) is 0 Å². The van der Waals surface area contributed by atoms with Crippen LogP contribution in [-0.2, 0) is 19.1 Å². The first kappa shape index (κ1) is 22.1. The molecule has 0 unspecified atom stereocenters. The molecule has 172 valence electrons. The zero-order chi connectivity index (χ0) is 23.0. The number of hydrogen-bond donors (Lipinski definition) is 0. The van der Waals surface area contributed by atoms with E-state index in [-0.39, 0.29) is 17.8 Å². The normalized spacial score (nSPS) is 16.7. The largest absolute Gasteiger partial charge is 0.417 e. The molecule has 5 nitrogen and oxygen atoms in total. The number of aliphatic imine (C=N–C) groups is 1. The van der Waals surface area contributed by atoms with Crippen molar-refractivity contribution in [3.63, 3.8) is 0 Å². The molecule has 33 heavy (non-hydrogen) atoms. The van der Waals surface area contributed by atoms with Crippen molar-refractivity contribution in [1.29, 1.82) is 0 Å². The van der Waals surface area contributed by atoms with E-state index in [2.05, 4.69) is 20.1 Å². The minimum Gasteiger partial charge on any atom is -0.303 e. The minimum absolute atomic E-state index is 0.0101. The SMILES string of the molecule is FC(F)(F)c1cccc2c1C(c1ccccc1Cl)=NCc1nnc(CCN3CCCCC3)n1-2. The van der Waals surface area contributed by atoms with Gasteiger partial charge in [-0.25, -0.2) is 0 Å². The molecule has 3 heterocycles. The fourth-order valence-corrected chi connectivity index (χ4v) is 4.88. The smallest absolute Gasteiger partial charge is 0.303 e. The van der Waals surface area contributed by atoms with Gasteiger partial charge in [0.15, 0.2) is 5.82 Å². The molecule has 2 aromatic carbocycles. The van der Waals surface area contributed by atoms with Crippen molar-refractivity contribution in [1.82, 2.24) is 19.7 Å². The molecule has 0 bridgehead atoms. The Morgan fingerprint density at radius 2 is 1.73 bits per heavy atom. The number of aromatic nitrogens is 3. The third-order valence-electron chi connectivity index (χ3n) is 6.23. The lowest BCUT2D eigenvalue weighted by molar-refractivity contribution is -0.137. The predicted octanol–water partition coefficient (Wildman–Crippen LogP) is 5.32. The van der Waals surface area contributed by atoms with Crippen molar-refractivity contribution in [3.05, 3.63) is 75.8 Å². The van der Waals surface area contributed by atoms with Gasteiger partial charge in [0, 0.05) is 29.1 Å². The molecule has 2 aliphatic rings. The highest BCUT2D eigenvalue weighted by Crippen LogP contribution is 2.38. The Bertz CT molecular complexity index is 1200. The van der Waals surface area contributed by atoms with Gasteiger partial charge in [-0.3, -0.25) is 9.56 Å². The van der Waals surface area contributed by atoms with Crippen molar-refractivity contribution in [3.8, 4) is 5.69 Å². The molecule has 3 aromatic rings. The number of fused-ring (bicyclic) bond motifs is 3. The number of piperidine rings is 1. The Morgan fingerprint density at radius 1 is 0.939 bits per heavy atom. The second-order valence-electron chi connectivity index (χ2n) is 8.36. The molecular formula is C24H23ClF3N5. The zero-order valence-corrected chi connectivity index (χ0v) is 18.7. The summed E-state index contributed by atoms with van der Waals surface area (Å²) in [5, 5.41) is 8.98. The van der Waals surface area contributed by atoms with E-state index >= 15 is 0 Å². The highest BCUT2D eigenvalue weighted by molar-refractivity contribution is 6.35. The second kappa shape index (κ2) is 8.91. The van der Waals surface area contributed by atoms with E-state index in [0.29, 0.717) is 34.3 Å². The van der Waals surface area contributed by atoms with Crippen LogP contribution >= 0.6 is 11.6 Å². The third-order valence-corrected chi connectivity index (χ3v) is 6.56. The van der Waals surface area contributed by atoms with Crippen LogP contribution in [0.5, 0.6) is 0 Å². The van der Waals surface area contributed by atoms with Crippen LogP contribution < -0.4 is 0 Å². The summed E-state index contributed by atoms with van der Waals surface area (Å²) >= 11 is 6.39. The summed E-state index contributed by atoms with van der Waals surface area (Å²) in [6.07, 6.45) is -0.369. The monoisotopic (exact) mass is 473 g/mol. The molecule has 1 saturated heterocycles. The maximum Gasteiger partial charge on any atom is 0.417 e. The van der Waals surface area contributed by atoms with Crippen molar-refractivity contribution >= 4 is 17.3 Å². The number of halogens is 4. The van der Waals surface area contributed by atoms with Gasteiger partial charge in [-0.15, -0.1) is 10.2 Å². The molecule has 0 N–H and O–H groups in total. The number of likely N-dealkylation sites (tertiary alicyclic amines) is 1. The first-order chi connectivity index (χ1) is 15.9. The maximum absolute atomic E-state index is 14.2. The third kappa shape index (κ3) is 4.29. The second-order valence-corrected chi connectivity index (χ2v) is 8.77. The van der Waals surface area contributed by atoms with Gasteiger partial charge in [0.25, 0.3) is 0 Å². The highest BCUT2D eigenvalue weighted by atomic mass is 35.5. The molecular weight excluding hydrogens is 451 g/mol. The Kier molecular flexibility index (Phi) is 5.97. The van der Waals surface area contributed by atoms with Crippen LogP contribution in [0.15, 0.2) is 47.5 Å². The summed E-state index contributed by atoms with van der Waals surface area (Å²) in [7, 11) is 0. The first-order valence-electron chi connectivity index (χ1n) is 11.1. The van der Waals surface area contributed by atoms with Gasteiger partial charge < -0.3 is 4.90 Å². The number of hydrogen-bond acceptors (Lipinski definition) is 4. The van der Waals surface area contributed by atoms with Crippen LogP contribution in [0.3, 0.4) is 0 Å². The molecule has 9 heteroatoms. The van der Waals surface area contributed by atoms with E-state index in [1.165, 1.54) is 25.3 Å². The Morgan fingerprint density at radius 3 is 2.48 bits per heavy atom. The lowest BCUT2D eigenvalue weighted by Gasteiger charge is -2.26. The van der Waals surface area contributed by atoms with Crippen molar-refractivity contribution in [2.45, 2.75) is 38.4 Å². The van der Waals surface area contributed by atoms with E-state index in [1.807, 2.05) is 0 Å². The number of nitrogens with zero attached hydrogens (tertiary/aromatic N) is 5. The molecule has 0 saturated carbocycles. The standard InChI is InChI=1S/C24H23ClF3N5/c25-18-9-3-2-7-16(18)23-22-17(24(26,27)28)8-6-10-19(22)33-20(30-31-21(33)15-29-23)11-14-32-12-4-1-5-13-32/h2-3,6-10H,1,4-5,11-15H2. The average Bonchev–Trinajstić information content (AvgIpc) is 3.13. The van der Waals surface area contributed by atoms with Crippen LogP contribution in [0.4, 0.5) is 13.2 Å². The summed E-state index contributed by atoms with van der Waals surface area (Å²) in [6.45, 7) is 2.99. The molecule has 1 fully saturated rings. The van der Waals surface area contributed by atoms with E-state index < -0.39 is 11.7 Å². The first-order valence-corrected chi connectivity index (χ1v) is 11.5. The van der Waals surface area contributed by atoms with Crippen molar-refractivity contribution < 1.29 is 13.2 Å². The van der Waals surface area contributed by atoms with E-state index in [9.17, 15) is 13.2 Å². The summed E-state index contributed by atoms with van der Waals surface area (Å²) < 4.78 is 44.2. The molecule has 1 aromatic heterocycles. The molecule has 0 aliphatic carbocycles. The van der Waals surface area contributed by atoms with Gasteiger partial charge in [0.05, 0.1) is 17.0 Å². The summed E-state index contributed by atoms with van der Waals surface area (Å²) in [5.74, 6) is 1.16. The maximum atomic E-state index is 14.2. The molecule has 0 atom stereocenters. The number of alkyl halides is 3. The predicted molar refractivity (Wildman–Crippen MR) is 121 cm³/mol. The lowest BCUT2D eigenvalue weighted by Crippen LogP contribution is -2.32. The Hall–Kier alpha value is -2.71. The van der Waals surface area contributed by atoms with Gasteiger partial charge in [-0.2, -0.15) is 13.2 Å². The minimum atomic E-state index is -4.56. The summed E-state index contributed by atoms with van der Waals surface area (Å²) in [5.41, 5.74) is 0.328. The van der Waals surface area contributed by atoms with Crippen LogP contribution in [0.2, 0.25) is 5.02 Å². The Labute approximate surface area is 194 Å². The number of benzene rings is 2. The van der Waals surface area contributed by atoms with E-state index in [4.69, 9.17) is 11.6 Å². The van der Waals surface area contributed by atoms with Crippen molar-refractivity contribution in [2.24, 2.45) is 4.99 Å². The van der Waals surface area contributed by atoms with Gasteiger partial charge in [0.1, 0.15) is 12.4 Å². The van der Waals surface area contributed by atoms with Crippen LogP contribution in [0.1, 0.15) is 47.6 Å². The fourth-order valence-electron chi connectivity index (χ4n) is 4.65. The zero-order valence-electron chi connectivity index (χ0n) is 17.9. The van der Waals surface area contributed by atoms with E-state index in [1.54, 1.807) is 34.9 Å². The number of rotatable bonds is 4. The van der Waals surface area contributed by atoms with Crippen molar-refractivity contribution in [2.75, 3.05) is 19.6 Å². The fraction of sp³-hybridized carbons (Fsp3) is 0.375. The molecule has 0 amide bonds. The summed E-state index contributed by atoms with van der Waals surface area (Å²) in [4.78, 5) is 6.95. The Balaban J connectivity index is 1.63. The van der Waals surface area contributed by atoms with E-state index in [0.717, 1.165) is 25.7 Å². The van der Waals surface area contributed by atoms with Crippen LogP contribution in [-0.4, -0.2) is 45.0 Å². The average molecular weight is 474 g/mol. The summed E-state index contributed by atoms with van der Waals surface area (Å²) in [6, 6.07) is 11.0. The molecule has 0 spiro atoms. The van der Waals surface area contributed by atoms with Crippen LogP contribution in [0.25, 0.3) is 5.69 Å². The molecule has 0 radical (unpaired) electrons. The van der Waals surface area contributed by atoms with Gasteiger partial charge in [-0.1, -0.05) is 42.3 Å². The van der Waals surface area contributed by atoms with Gasteiger partial charge in [-0.05, 0) is 44.1 Å². The lowest BCUT2D eigenvalue weighted by atomic mass is 9.95. The topological polar surface area (TPSA) is 46.3 Å².